The molecule has 2 aromatic heterocycles. The fourth-order valence-corrected chi connectivity index (χ4v) is 4.74. The van der Waals surface area contributed by atoms with Crippen LogP contribution in [0.1, 0.15) is 35.2 Å². The van der Waals surface area contributed by atoms with Crippen LogP contribution in [0.15, 0.2) is 79.0 Å². The molecule has 6 nitrogen and oxygen atoms in total. The summed E-state index contributed by atoms with van der Waals surface area (Å²) in [5.74, 6) is -0.387. The van der Waals surface area contributed by atoms with E-state index in [1.54, 1.807) is 16.6 Å². The molecule has 34 heavy (non-hydrogen) atoms. The largest absolute Gasteiger partial charge is 0.465 e. The van der Waals surface area contributed by atoms with Gasteiger partial charge < -0.3 is 10.5 Å². The zero-order valence-corrected chi connectivity index (χ0v) is 18.9. The summed E-state index contributed by atoms with van der Waals surface area (Å²) in [6.45, 7) is 0. The molecule has 168 valence electrons. The maximum absolute atomic E-state index is 12.0. The second-order valence-corrected chi connectivity index (χ2v) is 8.95. The minimum atomic E-state index is -0.387. The third kappa shape index (κ3) is 3.26. The molecule has 0 atom stereocenters. The average Bonchev–Trinajstić information content (AvgIpc) is 3.23. The topological polar surface area (TPSA) is 82.5 Å². The first-order valence-electron chi connectivity index (χ1n) is 11.4. The summed E-state index contributed by atoms with van der Waals surface area (Å²) < 4.78 is 6.65. The number of rotatable bonds is 4. The lowest BCUT2D eigenvalue weighted by molar-refractivity contribution is 0.0601. The number of methoxy groups -OCH3 is 1. The minimum absolute atomic E-state index is 0.197. The van der Waals surface area contributed by atoms with Crippen LogP contribution in [0.2, 0.25) is 0 Å². The van der Waals surface area contributed by atoms with Crippen LogP contribution in [-0.2, 0) is 10.3 Å². The molecule has 2 N–H and O–H groups in total. The van der Waals surface area contributed by atoms with Gasteiger partial charge in [-0.25, -0.2) is 14.3 Å². The van der Waals surface area contributed by atoms with Gasteiger partial charge in [0, 0.05) is 28.2 Å². The lowest BCUT2D eigenvalue weighted by Crippen LogP contribution is -2.43. The average molecular weight is 449 g/mol. The highest BCUT2D eigenvalue weighted by molar-refractivity contribution is 5.99. The van der Waals surface area contributed by atoms with Crippen molar-refractivity contribution in [1.82, 2.24) is 14.6 Å². The number of fused-ring (bicyclic) bond motifs is 3. The van der Waals surface area contributed by atoms with E-state index in [1.165, 1.54) is 19.1 Å². The van der Waals surface area contributed by atoms with Crippen LogP contribution in [0.3, 0.4) is 0 Å². The highest BCUT2D eigenvalue weighted by Gasteiger charge is 2.34. The summed E-state index contributed by atoms with van der Waals surface area (Å²) in [5, 5.41) is 5.58. The minimum Gasteiger partial charge on any atom is -0.465 e. The third-order valence-corrected chi connectivity index (χ3v) is 6.88. The van der Waals surface area contributed by atoms with Gasteiger partial charge in [-0.15, -0.1) is 0 Å². The molecule has 0 amide bonds. The number of ether oxygens (including phenoxy) is 1. The fourth-order valence-electron chi connectivity index (χ4n) is 4.74. The Morgan fingerprint density at radius 1 is 1.00 bits per heavy atom. The number of nitrogens with zero attached hydrogens (tertiary/aromatic N) is 3. The van der Waals surface area contributed by atoms with Gasteiger partial charge in [-0.05, 0) is 48.6 Å². The Kier molecular flexibility index (Phi) is 4.71. The zero-order chi connectivity index (χ0) is 23.3. The van der Waals surface area contributed by atoms with Crippen molar-refractivity contribution in [2.45, 2.75) is 24.8 Å². The molecule has 0 spiro atoms. The van der Waals surface area contributed by atoms with Gasteiger partial charge in [0.25, 0.3) is 0 Å². The molecular weight excluding hydrogens is 424 g/mol. The van der Waals surface area contributed by atoms with E-state index >= 15 is 0 Å². The number of hydrogen-bond acceptors (Lipinski definition) is 5. The molecule has 1 aliphatic rings. The van der Waals surface area contributed by atoms with E-state index in [9.17, 15) is 4.79 Å². The quantitative estimate of drug-likeness (QED) is 0.375. The van der Waals surface area contributed by atoms with Gasteiger partial charge in [-0.3, -0.25) is 0 Å². The first-order valence-corrected chi connectivity index (χ1v) is 11.4. The second-order valence-electron chi connectivity index (χ2n) is 8.95. The highest BCUT2D eigenvalue weighted by Crippen LogP contribution is 2.40. The maximum Gasteiger partial charge on any atom is 0.337 e. The molecule has 1 fully saturated rings. The van der Waals surface area contributed by atoms with Crippen molar-refractivity contribution in [3.8, 4) is 22.4 Å². The van der Waals surface area contributed by atoms with Crippen molar-refractivity contribution in [1.29, 1.82) is 0 Å². The Balaban J connectivity index is 1.55. The first-order chi connectivity index (χ1) is 16.6. The number of hydrogen-bond donors (Lipinski definition) is 1. The molecule has 6 heteroatoms. The summed E-state index contributed by atoms with van der Waals surface area (Å²) in [6, 6.07) is 24.0. The summed E-state index contributed by atoms with van der Waals surface area (Å²) in [7, 11) is 1.37. The Hall–Kier alpha value is -4.03. The Morgan fingerprint density at radius 3 is 2.44 bits per heavy atom. The number of carbonyl (C=O) groups excluding carboxylic acids is 1. The SMILES string of the molecule is COC(=O)c1ccc2c(c1)nn1cc(-c3ccccc3)c(-c3ccc(C4(N)CCC4)cc3)nc21. The number of nitrogens with two attached hydrogens (primary N) is 1. The number of carbonyl (C=O) groups is 1. The van der Waals surface area contributed by atoms with Crippen molar-refractivity contribution in [2.24, 2.45) is 5.73 Å². The summed E-state index contributed by atoms with van der Waals surface area (Å²) in [5.41, 5.74) is 13.3. The standard InChI is InChI=1S/C28H24N4O2/c1-34-27(33)20-10-13-22-24(16-20)31-32-17-23(18-6-3-2-4-7-18)25(30-26(22)32)19-8-11-21(12-9-19)28(29)14-5-15-28/h2-4,6-13,16-17H,5,14-15,29H2,1H3. The van der Waals surface area contributed by atoms with E-state index < -0.39 is 0 Å². The number of esters is 1. The van der Waals surface area contributed by atoms with Gasteiger partial charge in [-0.1, -0.05) is 54.6 Å². The van der Waals surface area contributed by atoms with E-state index in [2.05, 4.69) is 36.4 Å². The van der Waals surface area contributed by atoms with Gasteiger partial charge in [0.1, 0.15) is 0 Å². The number of benzene rings is 3. The van der Waals surface area contributed by atoms with Crippen LogP contribution in [0.4, 0.5) is 0 Å². The highest BCUT2D eigenvalue weighted by atomic mass is 16.5. The van der Waals surface area contributed by atoms with Crippen molar-refractivity contribution < 1.29 is 9.53 Å². The van der Waals surface area contributed by atoms with Gasteiger partial charge >= 0.3 is 5.97 Å². The van der Waals surface area contributed by atoms with Crippen molar-refractivity contribution in [3.63, 3.8) is 0 Å². The van der Waals surface area contributed by atoms with E-state index in [-0.39, 0.29) is 11.5 Å². The Bertz CT molecular complexity index is 1530. The monoisotopic (exact) mass is 448 g/mol. The van der Waals surface area contributed by atoms with E-state index in [0.717, 1.165) is 46.3 Å². The van der Waals surface area contributed by atoms with Crippen LogP contribution in [0.25, 0.3) is 38.9 Å². The second kappa shape index (κ2) is 7.78. The Labute approximate surface area is 197 Å². The molecule has 3 aromatic carbocycles. The smallest absolute Gasteiger partial charge is 0.337 e. The summed E-state index contributed by atoms with van der Waals surface area (Å²) in [6.07, 6.45) is 5.25. The van der Waals surface area contributed by atoms with Crippen LogP contribution in [-0.4, -0.2) is 27.7 Å². The van der Waals surface area contributed by atoms with Crippen molar-refractivity contribution in [3.05, 3.63) is 90.1 Å². The molecule has 2 heterocycles. The van der Waals surface area contributed by atoms with Crippen LogP contribution in [0.5, 0.6) is 0 Å². The molecule has 0 saturated heterocycles. The van der Waals surface area contributed by atoms with E-state index in [4.69, 9.17) is 20.6 Å². The molecule has 1 saturated carbocycles. The summed E-state index contributed by atoms with van der Waals surface area (Å²) in [4.78, 5) is 17.1. The lowest BCUT2D eigenvalue weighted by atomic mass is 9.72. The van der Waals surface area contributed by atoms with Gasteiger partial charge in [0.15, 0.2) is 5.65 Å². The molecule has 5 aromatic rings. The first kappa shape index (κ1) is 20.6. The normalized spacial score (nSPS) is 14.8. The summed E-state index contributed by atoms with van der Waals surface area (Å²) >= 11 is 0. The van der Waals surface area contributed by atoms with Crippen molar-refractivity contribution >= 4 is 22.5 Å². The molecule has 0 bridgehead atoms. The third-order valence-electron chi connectivity index (χ3n) is 6.88. The van der Waals surface area contributed by atoms with E-state index in [1.807, 2.05) is 30.5 Å². The van der Waals surface area contributed by atoms with Crippen molar-refractivity contribution in [2.75, 3.05) is 7.11 Å². The molecule has 6 rings (SSSR count). The van der Waals surface area contributed by atoms with Crippen LogP contribution >= 0.6 is 0 Å². The van der Waals surface area contributed by atoms with Crippen LogP contribution < -0.4 is 5.73 Å². The molecule has 0 aliphatic heterocycles. The van der Waals surface area contributed by atoms with E-state index in [0.29, 0.717) is 11.1 Å². The Morgan fingerprint density at radius 2 is 1.76 bits per heavy atom. The molecular formula is C28H24N4O2. The fraction of sp³-hybridized carbons (Fsp3) is 0.179. The zero-order valence-electron chi connectivity index (χ0n) is 18.9. The number of aromatic nitrogens is 3. The van der Waals surface area contributed by atoms with Gasteiger partial charge in [0.2, 0.25) is 0 Å². The predicted octanol–water partition coefficient (Wildman–Crippen LogP) is 5.34. The van der Waals surface area contributed by atoms with Gasteiger partial charge in [-0.2, -0.15) is 5.10 Å². The molecule has 0 radical (unpaired) electrons. The predicted molar refractivity (Wildman–Crippen MR) is 132 cm³/mol. The molecule has 1 aliphatic carbocycles. The van der Waals surface area contributed by atoms with Crippen LogP contribution in [0, 0.1) is 0 Å². The lowest BCUT2D eigenvalue weighted by Gasteiger charge is -2.38. The molecule has 0 unspecified atom stereocenters. The maximum atomic E-state index is 12.0. The van der Waals surface area contributed by atoms with Gasteiger partial charge in [0.05, 0.1) is 23.9 Å².